The molecule has 0 amide bonds. The summed E-state index contributed by atoms with van der Waals surface area (Å²) in [7, 11) is 1.59. The van der Waals surface area contributed by atoms with Crippen LogP contribution in [0.5, 0.6) is 0 Å². The molecule has 2 heterocycles. The lowest BCUT2D eigenvalue weighted by molar-refractivity contribution is -0.0819. The highest BCUT2D eigenvalue weighted by Gasteiger charge is 2.14. The van der Waals surface area contributed by atoms with Crippen LogP contribution in [0.15, 0.2) is 6.07 Å². The van der Waals surface area contributed by atoms with Crippen LogP contribution in [0.25, 0.3) is 0 Å². The number of ether oxygens (including phenoxy) is 3. The van der Waals surface area contributed by atoms with E-state index in [0.717, 1.165) is 0 Å². The highest BCUT2D eigenvalue weighted by atomic mass is 16.6. The zero-order valence-corrected chi connectivity index (χ0v) is 10.4. The Kier molecular flexibility index (Phi) is 4.68. The Morgan fingerprint density at radius 3 is 3.11 bits per heavy atom. The Hall–Kier alpha value is -1.44. The predicted molar refractivity (Wildman–Crippen MR) is 66.2 cm³/mol. The van der Waals surface area contributed by atoms with Crippen LogP contribution in [0.3, 0.4) is 0 Å². The van der Waals surface area contributed by atoms with Crippen molar-refractivity contribution in [1.29, 1.82) is 0 Å². The van der Waals surface area contributed by atoms with Crippen molar-refractivity contribution in [3.63, 3.8) is 0 Å². The zero-order chi connectivity index (χ0) is 12.8. The number of nitrogen functional groups attached to an aromatic ring is 1. The van der Waals surface area contributed by atoms with Crippen LogP contribution in [0.2, 0.25) is 0 Å². The van der Waals surface area contributed by atoms with Crippen molar-refractivity contribution in [2.45, 2.75) is 12.7 Å². The Morgan fingerprint density at radius 1 is 1.50 bits per heavy atom. The van der Waals surface area contributed by atoms with Gasteiger partial charge in [-0.1, -0.05) is 0 Å². The van der Waals surface area contributed by atoms with Crippen molar-refractivity contribution in [1.82, 2.24) is 9.97 Å². The number of nitrogens with zero attached hydrogens (tertiary/aromatic N) is 2. The molecule has 0 spiro atoms. The quantitative estimate of drug-likeness (QED) is 0.766. The van der Waals surface area contributed by atoms with Gasteiger partial charge < -0.3 is 25.3 Å². The summed E-state index contributed by atoms with van der Waals surface area (Å²) in [4.78, 5) is 8.35. The molecule has 18 heavy (non-hydrogen) atoms. The van der Waals surface area contributed by atoms with Gasteiger partial charge >= 0.3 is 0 Å². The molecular formula is C11H18N4O3. The van der Waals surface area contributed by atoms with E-state index in [1.807, 2.05) is 0 Å². The van der Waals surface area contributed by atoms with Crippen LogP contribution in [0.1, 0.15) is 5.82 Å². The van der Waals surface area contributed by atoms with Crippen LogP contribution in [0.4, 0.5) is 11.6 Å². The Morgan fingerprint density at radius 2 is 2.39 bits per heavy atom. The number of methoxy groups -OCH3 is 1. The number of nitrogens with one attached hydrogen (secondary N) is 1. The number of rotatable bonds is 5. The van der Waals surface area contributed by atoms with E-state index in [1.54, 1.807) is 13.2 Å². The van der Waals surface area contributed by atoms with Gasteiger partial charge in [-0.3, -0.25) is 0 Å². The average Bonchev–Trinajstić information content (AvgIpc) is 2.37. The van der Waals surface area contributed by atoms with Gasteiger partial charge in [-0.2, -0.15) is 0 Å². The molecule has 1 atom stereocenters. The number of anilines is 2. The van der Waals surface area contributed by atoms with Crippen molar-refractivity contribution in [3.05, 3.63) is 11.9 Å². The van der Waals surface area contributed by atoms with Gasteiger partial charge in [-0.05, 0) is 0 Å². The van der Waals surface area contributed by atoms with E-state index in [0.29, 0.717) is 50.4 Å². The molecule has 1 aliphatic heterocycles. The van der Waals surface area contributed by atoms with Crippen LogP contribution >= 0.6 is 0 Å². The molecule has 0 aliphatic carbocycles. The van der Waals surface area contributed by atoms with Gasteiger partial charge in [0.25, 0.3) is 0 Å². The Labute approximate surface area is 106 Å². The molecule has 1 aromatic heterocycles. The number of hydrogen-bond donors (Lipinski definition) is 2. The molecule has 0 bridgehead atoms. The number of hydrogen-bond acceptors (Lipinski definition) is 7. The summed E-state index contributed by atoms with van der Waals surface area (Å²) in [5.74, 6) is 1.64. The molecule has 3 N–H and O–H groups in total. The van der Waals surface area contributed by atoms with Crippen molar-refractivity contribution >= 4 is 11.6 Å². The largest absolute Gasteiger partial charge is 0.384 e. The molecular weight excluding hydrogens is 236 g/mol. The fourth-order valence-corrected chi connectivity index (χ4v) is 1.67. The van der Waals surface area contributed by atoms with Crippen molar-refractivity contribution < 1.29 is 14.2 Å². The normalized spacial score (nSPS) is 19.7. The van der Waals surface area contributed by atoms with E-state index < -0.39 is 0 Å². The van der Waals surface area contributed by atoms with Crippen LogP contribution in [-0.2, 0) is 20.8 Å². The summed E-state index contributed by atoms with van der Waals surface area (Å²) >= 11 is 0. The topological polar surface area (TPSA) is 91.5 Å². The third-order valence-corrected chi connectivity index (χ3v) is 2.46. The van der Waals surface area contributed by atoms with Gasteiger partial charge in [0.15, 0.2) is 5.82 Å². The summed E-state index contributed by atoms with van der Waals surface area (Å²) in [5, 5.41) is 3.16. The summed E-state index contributed by atoms with van der Waals surface area (Å²) in [6, 6.07) is 1.68. The minimum Gasteiger partial charge on any atom is -0.384 e. The minimum atomic E-state index is 0.0424. The monoisotopic (exact) mass is 254 g/mol. The molecule has 0 saturated carbocycles. The molecule has 1 aromatic rings. The molecule has 1 fully saturated rings. The lowest BCUT2D eigenvalue weighted by Crippen LogP contribution is -2.34. The Balaban J connectivity index is 1.91. The maximum atomic E-state index is 5.70. The molecule has 1 aliphatic rings. The summed E-state index contributed by atoms with van der Waals surface area (Å²) in [5.41, 5.74) is 5.70. The fraction of sp³-hybridized carbons (Fsp3) is 0.636. The molecule has 7 heteroatoms. The first-order chi connectivity index (χ1) is 8.78. The minimum absolute atomic E-state index is 0.0424. The first kappa shape index (κ1) is 13.0. The smallest absolute Gasteiger partial charge is 0.158 e. The number of nitrogens with two attached hydrogens (primary N) is 1. The molecule has 0 radical (unpaired) electrons. The lowest BCUT2D eigenvalue weighted by Gasteiger charge is -2.23. The van der Waals surface area contributed by atoms with Crippen LogP contribution < -0.4 is 11.1 Å². The first-order valence-electron chi connectivity index (χ1n) is 5.83. The summed E-state index contributed by atoms with van der Waals surface area (Å²) < 4.78 is 15.8. The van der Waals surface area contributed by atoms with Gasteiger partial charge in [0, 0.05) is 19.7 Å². The molecule has 1 unspecified atom stereocenters. The molecule has 2 rings (SSSR count). The average molecular weight is 254 g/mol. The maximum absolute atomic E-state index is 5.70. The van der Waals surface area contributed by atoms with E-state index in [9.17, 15) is 0 Å². The van der Waals surface area contributed by atoms with E-state index in [1.165, 1.54) is 0 Å². The highest BCUT2D eigenvalue weighted by molar-refractivity contribution is 5.44. The molecule has 100 valence electrons. The standard InChI is InChI=1S/C11H18N4O3/c1-16-7-11-14-9(12)4-10(15-11)13-5-8-6-17-2-3-18-8/h4,8H,2-3,5-7H2,1H3,(H3,12,13,14,15). The number of aromatic nitrogens is 2. The van der Waals surface area contributed by atoms with Crippen LogP contribution in [0, 0.1) is 0 Å². The SMILES string of the molecule is COCc1nc(N)cc(NCC2COCCO2)n1. The second kappa shape index (κ2) is 6.48. The van der Waals surface area contributed by atoms with Crippen LogP contribution in [-0.4, -0.2) is 49.5 Å². The Bertz CT molecular complexity index is 383. The summed E-state index contributed by atoms with van der Waals surface area (Å²) in [6.07, 6.45) is 0.0424. The van der Waals surface area contributed by atoms with Gasteiger partial charge in [0.05, 0.1) is 25.9 Å². The van der Waals surface area contributed by atoms with E-state index in [-0.39, 0.29) is 6.10 Å². The molecule has 1 saturated heterocycles. The molecule has 7 nitrogen and oxygen atoms in total. The summed E-state index contributed by atoms with van der Waals surface area (Å²) in [6.45, 7) is 2.85. The van der Waals surface area contributed by atoms with E-state index >= 15 is 0 Å². The third-order valence-electron chi connectivity index (χ3n) is 2.46. The van der Waals surface area contributed by atoms with Crippen molar-refractivity contribution in [2.24, 2.45) is 0 Å². The second-order valence-corrected chi connectivity index (χ2v) is 3.98. The predicted octanol–water partition coefficient (Wildman–Crippen LogP) is 0.0325. The van der Waals surface area contributed by atoms with Gasteiger partial charge in [-0.15, -0.1) is 0 Å². The lowest BCUT2D eigenvalue weighted by atomic mass is 10.3. The maximum Gasteiger partial charge on any atom is 0.158 e. The van der Waals surface area contributed by atoms with E-state index in [4.69, 9.17) is 19.9 Å². The fourth-order valence-electron chi connectivity index (χ4n) is 1.67. The van der Waals surface area contributed by atoms with Gasteiger partial charge in [0.1, 0.15) is 18.2 Å². The second-order valence-electron chi connectivity index (χ2n) is 3.98. The highest BCUT2D eigenvalue weighted by Crippen LogP contribution is 2.10. The van der Waals surface area contributed by atoms with Crippen molar-refractivity contribution in [2.75, 3.05) is 44.5 Å². The first-order valence-corrected chi connectivity index (χ1v) is 5.83. The van der Waals surface area contributed by atoms with Gasteiger partial charge in [0.2, 0.25) is 0 Å². The zero-order valence-electron chi connectivity index (χ0n) is 10.4. The van der Waals surface area contributed by atoms with Crippen molar-refractivity contribution in [3.8, 4) is 0 Å². The molecule has 0 aromatic carbocycles. The van der Waals surface area contributed by atoms with E-state index in [2.05, 4.69) is 15.3 Å². The third kappa shape index (κ3) is 3.80. The van der Waals surface area contributed by atoms with Gasteiger partial charge in [-0.25, -0.2) is 9.97 Å².